The summed E-state index contributed by atoms with van der Waals surface area (Å²) in [6, 6.07) is 18.5. The minimum Gasteiger partial charge on any atom is -0.454 e. The number of benzene rings is 3. The highest BCUT2D eigenvalue weighted by Crippen LogP contribution is 2.32. The molecule has 0 spiro atoms. The van der Waals surface area contributed by atoms with Gasteiger partial charge in [0.1, 0.15) is 6.04 Å². The van der Waals surface area contributed by atoms with Crippen LogP contribution in [0, 0.1) is 0 Å². The molecule has 0 bridgehead atoms. The number of nitrogens with one attached hydrogen (secondary N) is 3. The fraction of sp³-hybridized carbons (Fsp3) is 0.258. The molecular formula is C31H34N4O6. The maximum absolute atomic E-state index is 13.3. The number of ether oxygens (including phenoxy) is 2. The molecule has 1 heterocycles. The highest BCUT2D eigenvalue weighted by Gasteiger charge is 2.21. The Morgan fingerprint density at radius 1 is 0.927 bits per heavy atom. The van der Waals surface area contributed by atoms with E-state index in [9.17, 15) is 14.4 Å². The number of anilines is 1. The fourth-order valence-electron chi connectivity index (χ4n) is 4.34. The van der Waals surface area contributed by atoms with E-state index in [0.717, 1.165) is 30.8 Å². The number of nitrogens with zero attached hydrogens (tertiary/aromatic N) is 1. The zero-order valence-corrected chi connectivity index (χ0v) is 23.1. The second-order valence-corrected chi connectivity index (χ2v) is 9.50. The fourth-order valence-corrected chi connectivity index (χ4v) is 4.34. The van der Waals surface area contributed by atoms with Crippen molar-refractivity contribution in [1.82, 2.24) is 15.7 Å². The topological polar surface area (TPSA) is 129 Å². The SMILES string of the molecule is CCN(CC)Cc1ccc(CC(NC(=O)/C=C/c2ccc3c(c2)OCO3)C(=O)Nc2ccc(C(=O)NO)cc2)cc1. The van der Waals surface area contributed by atoms with Gasteiger partial charge in [-0.15, -0.1) is 0 Å². The first-order valence-corrected chi connectivity index (χ1v) is 13.4. The summed E-state index contributed by atoms with van der Waals surface area (Å²) in [6.45, 7) is 7.16. The first kappa shape index (κ1) is 29.3. The van der Waals surface area contributed by atoms with Gasteiger partial charge in [-0.3, -0.25) is 24.5 Å². The summed E-state index contributed by atoms with van der Waals surface area (Å²) in [6.07, 6.45) is 3.28. The predicted molar refractivity (Wildman–Crippen MR) is 155 cm³/mol. The molecule has 3 amide bonds. The molecule has 0 saturated carbocycles. The quantitative estimate of drug-likeness (QED) is 0.151. The number of fused-ring (bicyclic) bond motifs is 1. The Morgan fingerprint density at radius 2 is 1.61 bits per heavy atom. The van der Waals surface area contributed by atoms with Crippen molar-refractivity contribution >= 4 is 29.5 Å². The second kappa shape index (κ2) is 14.1. The largest absolute Gasteiger partial charge is 0.454 e. The van der Waals surface area contributed by atoms with E-state index in [2.05, 4.69) is 29.4 Å². The zero-order chi connectivity index (χ0) is 29.2. The molecule has 3 aromatic carbocycles. The third-order valence-electron chi connectivity index (χ3n) is 6.74. The van der Waals surface area contributed by atoms with Gasteiger partial charge in [0.25, 0.3) is 5.91 Å². The predicted octanol–water partition coefficient (Wildman–Crippen LogP) is 3.76. The molecule has 1 aliphatic rings. The highest BCUT2D eigenvalue weighted by atomic mass is 16.7. The molecule has 4 N–H and O–H groups in total. The average molecular weight is 559 g/mol. The molecule has 10 heteroatoms. The summed E-state index contributed by atoms with van der Waals surface area (Å²) in [5.41, 5.74) is 5.05. The van der Waals surface area contributed by atoms with Gasteiger partial charge < -0.3 is 20.1 Å². The summed E-state index contributed by atoms with van der Waals surface area (Å²) in [5, 5.41) is 14.4. The normalized spacial score (nSPS) is 12.8. The van der Waals surface area contributed by atoms with Gasteiger partial charge in [0.05, 0.1) is 0 Å². The average Bonchev–Trinajstić information content (AvgIpc) is 3.47. The molecule has 0 radical (unpaired) electrons. The van der Waals surface area contributed by atoms with E-state index in [1.807, 2.05) is 30.3 Å². The van der Waals surface area contributed by atoms with E-state index in [4.69, 9.17) is 14.7 Å². The van der Waals surface area contributed by atoms with Crippen molar-refractivity contribution in [2.45, 2.75) is 32.9 Å². The van der Waals surface area contributed by atoms with Crippen molar-refractivity contribution in [3.63, 3.8) is 0 Å². The molecule has 1 aliphatic heterocycles. The first-order chi connectivity index (χ1) is 19.9. The van der Waals surface area contributed by atoms with Crippen LogP contribution in [-0.2, 0) is 22.6 Å². The third kappa shape index (κ3) is 8.17. The van der Waals surface area contributed by atoms with Gasteiger partial charge in [-0.25, -0.2) is 5.48 Å². The Bertz CT molecular complexity index is 1380. The number of rotatable bonds is 12. The van der Waals surface area contributed by atoms with Crippen LogP contribution in [0.15, 0.2) is 72.8 Å². The van der Waals surface area contributed by atoms with Crippen molar-refractivity contribution < 1.29 is 29.1 Å². The molecule has 0 fully saturated rings. The van der Waals surface area contributed by atoms with Crippen LogP contribution in [0.2, 0.25) is 0 Å². The van der Waals surface area contributed by atoms with Crippen LogP contribution < -0.4 is 25.6 Å². The van der Waals surface area contributed by atoms with Crippen LogP contribution in [-0.4, -0.2) is 53.8 Å². The van der Waals surface area contributed by atoms with Crippen molar-refractivity contribution in [3.8, 4) is 11.5 Å². The molecule has 214 valence electrons. The van der Waals surface area contributed by atoms with E-state index in [-0.39, 0.29) is 18.8 Å². The van der Waals surface area contributed by atoms with Crippen molar-refractivity contribution in [3.05, 3.63) is 95.1 Å². The Labute approximate surface area is 238 Å². The highest BCUT2D eigenvalue weighted by molar-refractivity contribution is 6.00. The molecule has 3 aromatic rings. The smallest absolute Gasteiger partial charge is 0.274 e. The van der Waals surface area contributed by atoms with Crippen molar-refractivity contribution in [2.75, 3.05) is 25.2 Å². The van der Waals surface area contributed by atoms with E-state index in [1.165, 1.54) is 23.8 Å². The molecular weight excluding hydrogens is 524 g/mol. The van der Waals surface area contributed by atoms with Crippen LogP contribution in [0.3, 0.4) is 0 Å². The van der Waals surface area contributed by atoms with Crippen LogP contribution in [0.5, 0.6) is 11.5 Å². The summed E-state index contributed by atoms with van der Waals surface area (Å²) < 4.78 is 10.7. The number of hydroxylamine groups is 1. The summed E-state index contributed by atoms with van der Waals surface area (Å²) in [7, 11) is 0. The lowest BCUT2D eigenvalue weighted by Gasteiger charge is -2.20. The lowest BCUT2D eigenvalue weighted by molar-refractivity contribution is -0.123. The van der Waals surface area contributed by atoms with E-state index in [0.29, 0.717) is 17.2 Å². The first-order valence-electron chi connectivity index (χ1n) is 13.4. The van der Waals surface area contributed by atoms with Gasteiger partial charge in [-0.05, 0) is 72.3 Å². The van der Waals surface area contributed by atoms with Crippen LogP contribution in [0.4, 0.5) is 5.69 Å². The number of hydrogen-bond acceptors (Lipinski definition) is 7. The van der Waals surface area contributed by atoms with Crippen LogP contribution >= 0.6 is 0 Å². The lowest BCUT2D eigenvalue weighted by Crippen LogP contribution is -2.44. The minimum atomic E-state index is -0.877. The van der Waals surface area contributed by atoms with E-state index < -0.39 is 23.8 Å². The van der Waals surface area contributed by atoms with Gasteiger partial charge >= 0.3 is 0 Å². The van der Waals surface area contributed by atoms with E-state index >= 15 is 0 Å². The molecule has 0 saturated heterocycles. The summed E-state index contributed by atoms with van der Waals surface area (Å²) in [4.78, 5) is 40.1. The molecule has 0 aliphatic carbocycles. The maximum Gasteiger partial charge on any atom is 0.274 e. The van der Waals surface area contributed by atoms with E-state index in [1.54, 1.807) is 35.8 Å². The Hall–Kier alpha value is -4.67. The van der Waals surface area contributed by atoms with Gasteiger partial charge in [0, 0.05) is 30.3 Å². The Kier molecular flexibility index (Phi) is 10.1. The number of hydrogen-bond donors (Lipinski definition) is 4. The van der Waals surface area contributed by atoms with Crippen molar-refractivity contribution in [2.24, 2.45) is 0 Å². The van der Waals surface area contributed by atoms with Crippen molar-refractivity contribution in [1.29, 1.82) is 0 Å². The monoisotopic (exact) mass is 558 g/mol. The third-order valence-corrected chi connectivity index (χ3v) is 6.74. The van der Waals surface area contributed by atoms with Crippen LogP contribution in [0.25, 0.3) is 6.08 Å². The summed E-state index contributed by atoms with van der Waals surface area (Å²) >= 11 is 0. The van der Waals surface area contributed by atoms with Gasteiger partial charge in [0.2, 0.25) is 18.6 Å². The molecule has 4 rings (SSSR count). The molecule has 1 unspecified atom stereocenters. The van der Waals surface area contributed by atoms with Gasteiger partial charge in [-0.2, -0.15) is 0 Å². The lowest BCUT2D eigenvalue weighted by atomic mass is 10.0. The molecule has 1 atom stereocenters. The number of amides is 3. The van der Waals surface area contributed by atoms with Gasteiger partial charge in [0.15, 0.2) is 11.5 Å². The number of carbonyl (C=O) groups is 3. The Balaban J connectivity index is 1.47. The maximum atomic E-state index is 13.3. The standard InChI is InChI=1S/C31H34N4O6/c1-3-35(4-2)19-23-7-5-21(6-8-23)17-26(31(38)32-25-13-11-24(12-14-25)30(37)34-39)33-29(36)16-10-22-9-15-27-28(18-22)41-20-40-27/h5-16,18,26,39H,3-4,17,19-20H2,1-2H3,(H,32,38)(H,33,36)(H,34,37)/b16-10+. The minimum absolute atomic E-state index is 0.160. The molecule has 10 nitrogen and oxygen atoms in total. The zero-order valence-electron chi connectivity index (χ0n) is 23.1. The molecule has 0 aromatic heterocycles. The number of carbonyl (C=O) groups excluding carboxylic acids is 3. The van der Waals surface area contributed by atoms with Crippen LogP contribution in [0.1, 0.15) is 40.9 Å². The summed E-state index contributed by atoms with van der Waals surface area (Å²) in [5.74, 6) is -0.253. The Morgan fingerprint density at radius 3 is 2.29 bits per heavy atom. The van der Waals surface area contributed by atoms with Gasteiger partial charge in [-0.1, -0.05) is 44.2 Å². The second-order valence-electron chi connectivity index (χ2n) is 9.50. The molecule has 41 heavy (non-hydrogen) atoms.